The summed E-state index contributed by atoms with van der Waals surface area (Å²) in [6, 6.07) is 0.159. The van der Waals surface area contributed by atoms with Gasteiger partial charge in [0, 0.05) is 13.5 Å². The third kappa shape index (κ3) is 2.42. The molecular formula is C9H14N6S. The summed E-state index contributed by atoms with van der Waals surface area (Å²) in [5, 5.41) is 7.43. The third-order valence-corrected chi connectivity index (χ3v) is 2.87. The lowest BCUT2D eigenvalue weighted by atomic mass is 10.1. The molecule has 0 aliphatic heterocycles. The predicted molar refractivity (Wildman–Crippen MR) is 61.0 cm³/mol. The maximum Gasteiger partial charge on any atom is 0.138 e. The number of aromatic nitrogens is 5. The van der Waals surface area contributed by atoms with Gasteiger partial charge in [-0.15, -0.1) is 0 Å². The van der Waals surface area contributed by atoms with E-state index >= 15 is 0 Å². The first-order chi connectivity index (χ1) is 7.81. The molecule has 0 aromatic carbocycles. The molecule has 0 fully saturated rings. The fourth-order valence-corrected chi connectivity index (χ4v) is 2.01. The largest absolute Gasteiger partial charge is 0.308 e. The molecular weight excluding hydrogens is 224 g/mol. The molecule has 0 aliphatic rings. The molecule has 2 aromatic rings. The van der Waals surface area contributed by atoms with E-state index in [9.17, 15) is 0 Å². The highest BCUT2D eigenvalue weighted by Crippen LogP contribution is 2.14. The summed E-state index contributed by atoms with van der Waals surface area (Å²) in [6.45, 7) is 2.96. The number of aryl methyl sites for hydroxylation is 1. The Morgan fingerprint density at radius 2 is 2.44 bits per heavy atom. The second kappa shape index (κ2) is 5.13. The van der Waals surface area contributed by atoms with Gasteiger partial charge in [0.2, 0.25) is 0 Å². The zero-order chi connectivity index (χ0) is 11.4. The Kier molecular flexibility index (Phi) is 3.58. The lowest BCUT2D eigenvalue weighted by Crippen LogP contribution is -2.24. The van der Waals surface area contributed by atoms with Crippen LogP contribution >= 0.6 is 11.7 Å². The van der Waals surface area contributed by atoms with Crippen molar-refractivity contribution < 1.29 is 0 Å². The van der Waals surface area contributed by atoms with E-state index in [0.717, 1.165) is 24.5 Å². The highest BCUT2D eigenvalue weighted by molar-refractivity contribution is 6.99. The summed E-state index contributed by atoms with van der Waals surface area (Å²) in [4.78, 5) is 4.21. The molecule has 1 atom stereocenters. The summed E-state index contributed by atoms with van der Waals surface area (Å²) in [5.74, 6) is 0.943. The van der Waals surface area contributed by atoms with E-state index in [1.807, 2.05) is 7.05 Å². The van der Waals surface area contributed by atoms with E-state index in [4.69, 9.17) is 0 Å². The Bertz CT molecular complexity index is 423. The molecule has 0 amide bonds. The highest BCUT2D eigenvalue weighted by Gasteiger charge is 2.16. The second-order valence-corrected chi connectivity index (χ2v) is 4.00. The predicted octanol–water partition coefficient (Wildman–Crippen LogP) is 0.560. The van der Waals surface area contributed by atoms with Gasteiger partial charge in [0.05, 0.1) is 29.7 Å². The van der Waals surface area contributed by atoms with Crippen molar-refractivity contribution in [2.75, 3.05) is 6.54 Å². The molecule has 2 heterocycles. The molecule has 0 saturated carbocycles. The summed E-state index contributed by atoms with van der Waals surface area (Å²) in [5.41, 5.74) is 0.967. The van der Waals surface area contributed by atoms with E-state index in [1.54, 1.807) is 17.2 Å². The van der Waals surface area contributed by atoms with Crippen LogP contribution in [0.1, 0.15) is 24.5 Å². The van der Waals surface area contributed by atoms with Crippen LogP contribution in [0.5, 0.6) is 0 Å². The van der Waals surface area contributed by atoms with Crippen LogP contribution in [0.2, 0.25) is 0 Å². The lowest BCUT2D eigenvalue weighted by molar-refractivity contribution is 0.514. The second-order valence-electron chi connectivity index (χ2n) is 3.45. The van der Waals surface area contributed by atoms with Crippen molar-refractivity contribution in [3.8, 4) is 0 Å². The third-order valence-electron chi connectivity index (χ3n) is 2.38. The SMILES string of the molecule is CCNC(Cc1ncnn1C)c1cnsn1. The Balaban J connectivity index is 2.12. The lowest BCUT2D eigenvalue weighted by Gasteiger charge is -2.14. The van der Waals surface area contributed by atoms with E-state index in [-0.39, 0.29) is 6.04 Å². The van der Waals surface area contributed by atoms with Gasteiger partial charge in [0.15, 0.2) is 0 Å². The summed E-state index contributed by atoms with van der Waals surface area (Å²) >= 11 is 1.23. The number of hydrogen-bond donors (Lipinski definition) is 1. The number of hydrogen-bond acceptors (Lipinski definition) is 6. The molecule has 1 N–H and O–H groups in total. The van der Waals surface area contributed by atoms with Crippen molar-refractivity contribution in [1.82, 2.24) is 28.8 Å². The van der Waals surface area contributed by atoms with Gasteiger partial charge in [-0.05, 0) is 6.54 Å². The van der Waals surface area contributed by atoms with Gasteiger partial charge in [-0.1, -0.05) is 6.92 Å². The molecule has 86 valence electrons. The zero-order valence-electron chi connectivity index (χ0n) is 9.29. The molecule has 16 heavy (non-hydrogen) atoms. The minimum atomic E-state index is 0.159. The smallest absolute Gasteiger partial charge is 0.138 e. The monoisotopic (exact) mass is 238 g/mol. The Labute approximate surface area is 98.1 Å². The fraction of sp³-hybridized carbons (Fsp3) is 0.556. The van der Waals surface area contributed by atoms with Crippen LogP contribution in [0, 0.1) is 0 Å². The van der Waals surface area contributed by atoms with Gasteiger partial charge in [-0.2, -0.15) is 13.8 Å². The van der Waals surface area contributed by atoms with Gasteiger partial charge in [-0.25, -0.2) is 4.98 Å². The van der Waals surface area contributed by atoms with Gasteiger partial charge in [0.25, 0.3) is 0 Å². The van der Waals surface area contributed by atoms with Crippen molar-refractivity contribution in [1.29, 1.82) is 0 Å². The topological polar surface area (TPSA) is 68.5 Å². The van der Waals surface area contributed by atoms with Crippen molar-refractivity contribution >= 4 is 11.7 Å². The number of nitrogens with one attached hydrogen (secondary N) is 1. The van der Waals surface area contributed by atoms with E-state index in [0.29, 0.717) is 0 Å². The van der Waals surface area contributed by atoms with Crippen LogP contribution < -0.4 is 5.32 Å². The van der Waals surface area contributed by atoms with Crippen LogP contribution in [0.15, 0.2) is 12.5 Å². The van der Waals surface area contributed by atoms with Crippen LogP contribution in [-0.4, -0.2) is 30.1 Å². The van der Waals surface area contributed by atoms with E-state index in [1.165, 1.54) is 11.7 Å². The fourth-order valence-electron chi connectivity index (χ4n) is 1.54. The maximum absolute atomic E-state index is 4.26. The van der Waals surface area contributed by atoms with Gasteiger partial charge in [0.1, 0.15) is 12.2 Å². The van der Waals surface area contributed by atoms with Crippen LogP contribution in [0.3, 0.4) is 0 Å². The molecule has 2 aromatic heterocycles. The van der Waals surface area contributed by atoms with Crippen molar-refractivity contribution in [3.63, 3.8) is 0 Å². The molecule has 0 bridgehead atoms. The number of nitrogens with zero attached hydrogens (tertiary/aromatic N) is 5. The molecule has 7 heteroatoms. The first kappa shape index (κ1) is 11.2. The first-order valence-electron chi connectivity index (χ1n) is 5.15. The number of rotatable bonds is 5. The van der Waals surface area contributed by atoms with Gasteiger partial charge >= 0.3 is 0 Å². The molecule has 0 radical (unpaired) electrons. The van der Waals surface area contributed by atoms with Gasteiger partial charge in [-0.3, -0.25) is 4.68 Å². The minimum absolute atomic E-state index is 0.159. The maximum atomic E-state index is 4.26. The molecule has 2 rings (SSSR count). The Hall–Kier alpha value is -1.34. The van der Waals surface area contributed by atoms with E-state index in [2.05, 4.69) is 31.1 Å². The Morgan fingerprint density at radius 1 is 1.56 bits per heavy atom. The zero-order valence-corrected chi connectivity index (χ0v) is 10.1. The minimum Gasteiger partial charge on any atom is -0.308 e. The summed E-state index contributed by atoms with van der Waals surface area (Å²) < 4.78 is 10.1. The summed E-state index contributed by atoms with van der Waals surface area (Å²) in [6.07, 6.45) is 4.14. The van der Waals surface area contributed by atoms with Crippen LogP contribution in [-0.2, 0) is 13.5 Å². The average Bonchev–Trinajstić information content (AvgIpc) is 2.90. The normalized spacial score (nSPS) is 12.9. The van der Waals surface area contributed by atoms with Crippen molar-refractivity contribution in [3.05, 3.63) is 24.0 Å². The molecule has 0 aliphatic carbocycles. The Morgan fingerprint density at radius 3 is 3.00 bits per heavy atom. The average molecular weight is 238 g/mol. The van der Waals surface area contributed by atoms with Crippen molar-refractivity contribution in [2.24, 2.45) is 7.05 Å². The molecule has 6 nitrogen and oxygen atoms in total. The van der Waals surface area contributed by atoms with Crippen LogP contribution in [0.25, 0.3) is 0 Å². The quantitative estimate of drug-likeness (QED) is 0.824. The highest BCUT2D eigenvalue weighted by atomic mass is 32.1. The molecule has 1 unspecified atom stereocenters. The van der Waals surface area contributed by atoms with Gasteiger partial charge < -0.3 is 5.32 Å². The van der Waals surface area contributed by atoms with Crippen molar-refractivity contribution in [2.45, 2.75) is 19.4 Å². The molecule has 0 saturated heterocycles. The summed E-state index contributed by atoms with van der Waals surface area (Å²) in [7, 11) is 1.89. The first-order valence-corrected chi connectivity index (χ1v) is 5.88. The van der Waals surface area contributed by atoms with E-state index < -0.39 is 0 Å². The standard InChI is InChI=1S/C9H14N6S/c1-3-10-7(8-5-13-16-14-8)4-9-11-6-12-15(9)2/h5-7,10H,3-4H2,1-2H3. The number of likely N-dealkylation sites (N-methyl/N-ethyl adjacent to an activating group) is 1. The molecule has 0 spiro atoms. The van der Waals surface area contributed by atoms with Crippen LogP contribution in [0.4, 0.5) is 0 Å².